The fourth-order valence-corrected chi connectivity index (χ4v) is 2.57. The average Bonchev–Trinajstić information content (AvgIpc) is 2.68. The normalized spacial score (nSPS) is 19.7. The third kappa shape index (κ3) is 3.58. The van der Waals surface area contributed by atoms with Crippen LogP contribution >= 0.6 is 0 Å². The number of hydrogen-bond acceptors (Lipinski definition) is 3. The van der Waals surface area contributed by atoms with Crippen LogP contribution < -0.4 is 0 Å². The molecule has 3 nitrogen and oxygen atoms in total. The first-order valence-corrected chi connectivity index (χ1v) is 6.06. The highest BCUT2D eigenvalue weighted by Gasteiger charge is 2.34. The standard InChI is InChI=1S/C12H23NO2/c1-2-7-13(8-9-14)10-12(11-15)5-3-4-6-12/h11,14H,2-10H2,1H3. The van der Waals surface area contributed by atoms with Crippen molar-refractivity contribution < 1.29 is 9.90 Å². The van der Waals surface area contributed by atoms with E-state index in [1.165, 1.54) is 12.8 Å². The molecule has 88 valence electrons. The van der Waals surface area contributed by atoms with E-state index in [2.05, 4.69) is 11.8 Å². The zero-order valence-corrected chi connectivity index (χ0v) is 9.74. The van der Waals surface area contributed by atoms with Gasteiger partial charge in [0.05, 0.1) is 6.61 Å². The molecular weight excluding hydrogens is 190 g/mol. The van der Waals surface area contributed by atoms with Crippen molar-refractivity contribution in [1.29, 1.82) is 0 Å². The largest absolute Gasteiger partial charge is 0.395 e. The topological polar surface area (TPSA) is 40.5 Å². The molecule has 0 radical (unpaired) electrons. The Morgan fingerprint density at radius 1 is 1.33 bits per heavy atom. The number of carbonyl (C=O) groups excluding carboxylic acids is 1. The van der Waals surface area contributed by atoms with E-state index in [0.29, 0.717) is 6.54 Å². The number of carbonyl (C=O) groups is 1. The van der Waals surface area contributed by atoms with Crippen LogP contribution in [-0.4, -0.2) is 42.5 Å². The number of aliphatic hydroxyl groups is 1. The molecule has 0 saturated heterocycles. The molecule has 0 spiro atoms. The first-order valence-electron chi connectivity index (χ1n) is 6.06. The van der Waals surface area contributed by atoms with Crippen molar-refractivity contribution in [3.05, 3.63) is 0 Å². The van der Waals surface area contributed by atoms with Gasteiger partial charge in [-0.1, -0.05) is 19.8 Å². The zero-order chi connectivity index (χ0) is 11.1. The van der Waals surface area contributed by atoms with E-state index in [0.717, 1.165) is 38.6 Å². The first kappa shape index (κ1) is 12.7. The molecule has 3 heteroatoms. The summed E-state index contributed by atoms with van der Waals surface area (Å²) in [5.41, 5.74) is -0.107. The lowest BCUT2D eigenvalue weighted by atomic mass is 9.87. The van der Waals surface area contributed by atoms with Crippen LogP contribution in [0.5, 0.6) is 0 Å². The average molecular weight is 213 g/mol. The van der Waals surface area contributed by atoms with Gasteiger partial charge in [-0.05, 0) is 25.8 Å². The third-order valence-corrected chi connectivity index (χ3v) is 3.34. The predicted molar refractivity (Wildman–Crippen MR) is 60.8 cm³/mol. The van der Waals surface area contributed by atoms with Gasteiger partial charge in [0.25, 0.3) is 0 Å². The Balaban J connectivity index is 2.49. The Labute approximate surface area is 92.5 Å². The first-order chi connectivity index (χ1) is 7.26. The van der Waals surface area contributed by atoms with Gasteiger partial charge in [-0.2, -0.15) is 0 Å². The molecule has 1 fully saturated rings. The summed E-state index contributed by atoms with van der Waals surface area (Å²) >= 11 is 0. The minimum atomic E-state index is -0.107. The van der Waals surface area contributed by atoms with Gasteiger partial charge in [-0.3, -0.25) is 0 Å². The van der Waals surface area contributed by atoms with Gasteiger partial charge in [-0.25, -0.2) is 0 Å². The van der Waals surface area contributed by atoms with Gasteiger partial charge in [0.15, 0.2) is 0 Å². The molecule has 0 unspecified atom stereocenters. The maximum Gasteiger partial charge on any atom is 0.127 e. The highest BCUT2D eigenvalue weighted by atomic mass is 16.3. The second kappa shape index (κ2) is 6.23. The van der Waals surface area contributed by atoms with Crippen LogP contribution in [0.3, 0.4) is 0 Å². The Kier molecular flexibility index (Phi) is 5.26. The van der Waals surface area contributed by atoms with Gasteiger partial charge >= 0.3 is 0 Å². The number of nitrogens with zero attached hydrogens (tertiary/aromatic N) is 1. The molecule has 0 heterocycles. The molecule has 1 N–H and O–H groups in total. The van der Waals surface area contributed by atoms with Crippen LogP contribution in [0.1, 0.15) is 39.0 Å². The molecule has 0 amide bonds. The fourth-order valence-electron chi connectivity index (χ4n) is 2.57. The van der Waals surface area contributed by atoms with E-state index in [1.807, 2.05) is 0 Å². The maximum absolute atomic E-state index is 11.2. The maximum atomic E-state index is 11.2. The van der Waals surface area contributed by atoms with E-state index in [4.69, 9.17) is 5.11 Å². The summed E-state index contributed by atoms with van der Waals surface area (Å²) in [6.45, 7) is 4.84. The SMILES string of the molecule is CCCN(CCO)CC1(C=O)CCCC1. The molecule has 0 bridgehead atoms. The van der Waals surface area contributed by atoms with Crippen molar-refractivity contribution in [2.75, 3.05) is 26.2 Å². The third-order valence-electron chi connectivity index (χ3n) is 3.34. The Bertz CT molecular complexity index is 182. The van der Waals surface area contributed by atoms with Crippen LogP contribution in [-0.2, 0) is 4.79 Å². The summed E-state index contributed by atoms with van der Waals surface area (Å²) in [5.74, 6) is 0. The van der Waals surface area contributed by atoms with Crippen LogP contribution in [0, 0.1) is 5.41 Å². The molecular formula is C12H23NO2. The Morgan fingerprint density at radius 3 is 2.47 bits per heavy atom. The van der Waals surface area contributed by atoms with E-state index >= 15 is 0 Å². The number of aldehydes is 1. The minimum absolute atomic E-state index is 0.107. The van der Waals surface area contributed by atoms with Crippen molar-refractivity contribution in [1.82, 2.24) is 4.90 Å². The van der Waals surface area contributed by atoms with Crippen molar-refractivity contribution in [3.63, 3.8) is 0 Å². The molecule has 1 aliphatic carbocycles. The molecule has 1 rings (SSSR count). The lowest BCUT2D eigenvalue weighted by molar-refractivity contribution is -0.117. The van der Waals surface area contributed by atoms with Crippen LogP contribution in [0.4, 0.5) is 0 Å². The molecule has 1 aliphatic rings. The molecule has 0 aromatic heterocycles. The highest BCUT2D eigenvalue weighted by Crippen LogP contribution is 2.36. The van der Waals surface area contributed by atoms with Gasteiger partial charge in [-0.15, -0.1) is 0 Å². The van der Waals surface area contributed by atoms with Crippen LogP contribution in [0.25, 0.3) is 0 Å². The summed E-state index contributed by atoms with van der Waals surface area (Å²) in [5, 5.41) is 8.96. The van der Waals surface area contributed by atoms with E-state index in [9.17, 15) is 4.79 Å². The van der Waals surface area contributed by atoms with E-state index < -0.39 is 0 Å². The minimum Gasteiger partial charge on any atom is -0.395 e. The van der Waals surface area contributed by atoms with E-state index in [-0.39, 0.29) is 12.0 Å². The van der Waals surface area contributed by atoms with Crippen LogP contribution in [0.15, 0.2) is 0 Å². The van der Waals surface area contributed by atoms with Crippen molar-refractivity contribution in [2.45, 2.75) is 39.0 Å². The number of rotatable bonds is 7. The molecule has 0 atom stereocenters. The monoisotopic (exact) mass is 213 g/mol. The second-order valence-electron chi connectivity index (χ2n) is 4.69. The highest BCUT2D eigenvalue weighted by molar-refractivity contribution is 5.60. The van der Waals surface area contributed by atoms with E-state index in [1.54, 1.807) is 0 Å². The number of aliphatic hydroxyl groups excluding tert-OH is 1. The molecule has 1 saturated carbocycles. The van der Waals surface area contributed by atoms with Crippen LogP contribution in [0.2, 0.25) is 0 Å². The summed E-state index contributed by atoms with van der Waals surface area (Å²) in [6.07, 6.45) is 6.65. The molecule has 0 aliphatic heterocycles. The summed E-state index contributed by atoms with van der Waals surface area (Å²) in [4.78, 5) is 13.4. The molecule has 0 aromatic rings. The summed E-state index contributed by atoms with van der Waals surface area (Å²) in [7, 11) is 0. The molecule has 0 aromatic carbocycles. The second-order valence-corrected chi connectivity index (χ2v) is 4.69. The summed E-state index contributed by atoms with van der Waals surface area (Å²) in [6, 6.07) is 0. The van der Waals surface area contributed by atoms with Gasteiger partial charge in [0, 0.05) is 18.5 Å². The molecule has 15 heavy (non-hydrogen) atoms. The predicted octanol–water partition coefficient (Wildman–Crippen LogP) is 1.45. The summed E-state index contributed by atoms with van der Waals surface area (Å²) < 4.78 is 0. The van der Waals surface area contributed by atoms with Gasteiger partial charge in [0.2, 0.25) is 0 Å². The van der Waals surface area contributed by atoms with Gasteiger partial charge < -0.3 is 14.8 Å². The zero-order valence-electron chi connectivity index (χ0n) is 9.74. The van der Waals surface area contributed by atoms with Crippen molar-refractivity contribution in [3.8, 4) is 0 Å². The Morgan fingerprint density at radius 2 is 2.00 bits per heavy atom. The fraction of sp³-hybridized carbons (Fsp3) is 0.917. The lowest BCUT2D eigenvalue weighted by Gasteiger charge is -2.30. The van der Waals surface area contributed by atoms with Gasteiger partial charge in [0.1, 0.15) is 6.29 Å². The van der Waals surface area contributed by atoms with Crippen molar-refractivity contribution in [2.24, 2.45) is 5.41 Å². The Hall–Kier alpha value is -0.410. The van der Waals surface area contributed by atoms with Crippen molar-refractivity contribution >= 4 is 6.29 Å². The number of hydrogen-bond donors (Lipinski definition) is 1. The smallest absolute Gasteiger partial charge is 0.127 e. The lowest BCUT2D eigenvalue weighted by Crippen LogP contribution is -2.39. The quantitative estimate of drug-likeness (QED) is 0.651.